The van der Waals surface area contributed by atoms with Crippen molar-refractivity contribution in [3.05, 3.63) is 47.9 Å². The zero-order valence-corrected chi connectivity index (χ0v) is 15.3. The Kier molecular flexibility index (Phi) is 4.22. The summed E-state index contributed by atoms with van der Waals surface area (Å²) in [7, 11) is 0. The van der Waals surface area contributed by atoms with Gasteiger partial charge in [0.05, 0.1) is 24.0 Å². The molecule has 0 bridgehead atoms. The maximum atomic E-state index is 11.1. The Morgan fingerprint density at radius 3 is 2.89 bits per heavy atom. The molecule has 0 radical (unpaired) electrons. The van der Waals surface area contributed by atoms with Crippen LogP contribution in [0.5, 0.6) is 0 Å². The summed E-state index contributed by atoms with van der Waals surface area (Å²) in [5, 5.41) is 22.6. The summed E-state index contributed by atoms with van der Waals surface area (Å²) in [5.74, 6) is -0.769. The van der Waals surface area contributed by atoms with Gasteiger partial charge in [0.25, 0.3) is 0 Å². The van der Waals surface area contributed by atoms with Crippen LogP contribution >= 0.6 is 0 Å². The van der Waals surface area contributed by atoms with Crippen LogP contribution in [0.2, 0.25) is 0 Å². The van der Waals surface area contributed by atoms with Crippen LogP contribution < -0.4 is 5.73 Å². The third kappa shape index (κ3) is 3.15. The number of nitrogen functional groups attached to an aromatic ring is 1. The van der Waals surface area contributed by atoms with Crippen LogP contribution in [0.15, 0.2) is 36.7 Å². The summed E-state index contributed by atoms with van der Waals surface area (Å²) in [6.45, 7) is 3.88. The molecule has 4 rings (SSSR count). The van der Waals surface area contributed by atoms with Crippen molar-refractivity contribution < 1.29 is 9.90 Å². The van der Waals surface area contributed by atoms with E-state index < -0.39 is 12.0 Å². The Morgan fingerprint density at radius 1 is 1.29 bits per heavy atom. The lowest BCUT2D eigenvalue weighted by atomic mass is 10.1. The highest BCUT2D eigenvalue weighted by Gasteiger charge is 2.16. The first kappa shape index (κ1) is 17.6. The normalized spacial score (nSPS) is 12.4. The fourth-order valence-corrected chi connectivity index (χ4v) is 2.95. The zero-order chi connectivity index (χ0) is 19.8. The summed E-state index contributed by atoms with van der Waals surface area (Å²) < 4.78 is 3.02. The fourth-order valence-electron chi connectivity index (χ4n) is 2.95. The maximum absolute atomic E-state index is 11.1. The first-order valence-corrected chi connectivity index (χ1v) is 8.62. The van der Waals surface area contributed by atoms with Crippen LogP contribution in [-0.2, 0) is 11.3 Å². The highest BCUT2D eigenvalue weighted by molar-refractivity contribution is 5.93. The number of anilines is 1. The third-order valence-electron chi connectivity index (χ3n) is 4.47. The minimum atomic E-state index is -0.943. The molecular formula is C18H18N8O2. The summed E-state index contributed by atoms with van der Waals surface area (Å²) in [5.41, 5.74) is 9.52. The topological polar surface area (TPSA) is 138 Å². The number of aromatic nitrogens is 7. The predicted octanol–water partition coefficient (Wildman–Crippen LogP) is 1.67. The second-order valence-corrected chi connectivity index (χ2v) is 6.50. The van der Waals surface area contributed by atoms with Gasteiger partial charge < -0.3 is 10.8 Å². The molecule has 3 aromatic heterocycles. The van der Waals surface area contributed by atoms with Crippen LogP contribution in [0, 0.1) is 6.92 Å². The molecule has 3 heterocycles. The summed E-state index contributed by atoms with van der Waals surface area (Å²) in [4.78, 5) is 19.7. The SMILES string of the molecule is Cc1cccc2c(-c3cn(Cc4ccn(C(C)C(=O)O)n4)nn3)nc(N)nc12. The lowest BCUT2D eigenvalue weighted by Gasteiger charge is -2.06. The molecule has 1 unspecified atom stereocenters. The Hall–Kier alpha value is -3.82. The van der Waals surface area contributed by atoms with Gasteiger partial charge in [-0.3, -0.25) is 4.68 Å². The molecule has 0 saturated carbocycles. The Morgan fingerprint density at radius 2 is 2.11 bits per heavy atom. The Bertz CT molecular complexity index is 1180. The number of nitrogens with zero attached hydrogens (tertiary/aromatic N) is 7. The molecule has 0 fully saturated rings. The van der Waals surface area contributed by atoms with Crippen molar-refractivity contribution in [2.45, 2.75) is 26.4 Å². The van der Waals surface area contributed by atoms with E-state index in [-0.39, 0.29) is 5.95 Å². The number of nitrogens with two attached hydrogens (primary N) is 1. The van der Waals surface area contributed by atoms with Gasteiger partial charge in [0, 0.05) is 11.6 Å². The van der Waals surface area contributed by atoms with Gasteiger partial charge in [0.2, 0.25) is 5.95 Å². The molecule has 0 aliphatic heterocycles. The molecule has 142 valence electrons. The summed E-state index contributed by atoms with van der Waals surface area (Å²) in [6.07, 6.45) is 3.39. The van der Waals surface area contributed by atoms with Crippen molar-refractivity contribution in [1.29, 1.82) is 0 Å². The summed E-state index contributed by atoms with van der Waals surface area (Å²) in [6, 6.07) is 6.83. The van der Waals surface area contributed by atoms with Gasteiger partial charge in [0.15, 0.2) is 0 Å². The van der Waals surface area contributed by atoms with Crippen LogP contribution in [0.1, 0.15) is 24.2 Å². The fraction of sp³-hybridized carbons (Fsp3) is 0.222. The Balaban J connectivity index is 1.65. The second kappa shape index (κ2) is 6.72. The molecule has 1 aromatic carbocycles. The van der Waals surface area contributed by atoms with E-state index in [1.165, 1.54) is 4.68 Å². The number of carboxylic acid groups (broad SMARTS) is 1. The molecule has 10 heteroatoms. The van der Waals surface area contributed by atoms with E-state index >= 15 is 0 Å². The Labute approximate surface area is 159 Å². The number of carbonyl (C=O) groups is 1. The van der Waals surface area contributed by atoms with Gasteiger partial charge in [-0.1, -0.05) is 23.4 Å². The third-order valence-corrected chi connectivity index (χ3v) is 4.47. The van der Waals surface area contributed by atoms with Crippen molar-refractivity contribution in [3.8, 4) is 11.4 Å². The first-order chi connectivity index (χ1) is 13.4. The maximum Gasteiger partial charge on any atom is 0.328 e. The number of benzene rings is 1. The number of aryl methyl sites for hydroxylation is 1. The predicted molar refractivity (Wildman–Crippen MR) is 101 cm³/mol. The average Bonchev–Trinajstić information content (AvgIpc) is 3.31. The number of aliphatic carboxylic acids is 1. The first-order valence-electron chi connectivity index (χ1n) is 8.62. The smallest absolute Gasteiger partial charge is 0.328 e. The summed E-state index contributed by atoms with van der Waals surface area (Å²) >= 11 is 0. The molecule has 1 atom stereocenters. The van der Waals surface area contributed by atoms with Gasteiger partial charge in [-0.2, -0.15) is 5.10 Å². The number of para-hydroxylation sites is 1. The largest absolute Gasteiger partial charge is 0.480 e. The lowest BCUT2D eigenvalue weighted by molar-refractivity contribution is -0.140. The van der Waals surface area contributed by atoms with E-state index in [4.69, 9.17) is 10.8 Å². The minimum absolute atomic E-state index is 0.174. The van der Waals surface area contributed by atoms with Crippen LogP contribution in [0.25, 0.3) is 22.3 Å². The van der Waals surface area contributed by atoms with Gasteiger partial charge in [0.1, 0.15) is 17.4 Å². The van der Waals surface area contributed by atoms with E-state index in [1.54, 1.807) is 30.1 Å². The highest BCUT2D eigenvalue weighted by Crippen LogP contribution is 2.26. The highest BCUT2D eigenvalue weighted by atomic mass is 16.4. The molecule has 0 aliphatic rings. The van der Waals surface area contributed by atoms with Crippen LogP contribution in [-0.4, -0.2) is 45.8 Å². The molecule has 4 aromatic rings. The van der Waals surface area contributed by atoms with Crippen molar-refractivity contribution in [1.82, 2.24) is 34.7 Å². The minimum Gasteiger partial charge on any atom is -0.480 e. The van der Waals surface area contributed by atoms with Crippen molar-refractivity contribution in [3.63, 3.8) is 0 Å². The molecule has 0 aliphatic carbocycles. The monoisotopic (exact) mass is 378 g/mol. The van der Waals surface area contributed by atoms with Crippen molar-refractivity contribution >= 4 is 22.8 Å². The van der Waals surface area contributed by atoms with Crippen molar-refractivity contribution in [2.24, 2.45) is 0 Å². The van der Waals surface area contributed by atoms with Crippen LogP contribution in [0.3, 0.4) is 0 Å². The standard InChI is InChI=1S/C18H18N8O2/c1-10-4-3-5-13-15(10)20-18(19)21-16(13)14-9-25(24-22-14)8-12-6-7-26(23-12)11(2)17(27)28/h3-7,9,11H,8H2,1-2H3,(H,27,28)(H2,19,20,21). The van der Waals surface area contributed by atoms with Gasteiger partial charge in [-0.05, 0) is 25.5 Å². The van der Waals surface area contributed by atoms with E-state index in [2.05, 4.69) is 25.4 Å². The average molecular weight is 378 g/mol. The number of fused-ring (bicyclic) bond motifs is 1. The van der Waals surface area contributed by atoms with E-state index in [1.807, 2.05) is 25.1 Å². The molecule has 0 spiro atoms. The van der Waals surface area contributed by atoms with E-state index in [0.29, 0.717) is 23.6 Å². The van der Waals surface area contributed by atoms with Crippen molar-refractivity contribution in [2.75, 3.05) is 5.73 Å². The number of rotatable bonds is 5. The van der Waals surface area contributed by atoms with Gasteiger partial charge in [-0.15, -0.1) is 5.10 Å². The molecular weight excluding hydrogens is 360 g/mol. The number of hydrogen-bond acceptors (Lipinski definition) is 7. The zero-order valence-electron chi connectivity index (χ0n) is 15.3. The van der Waals surface area contributed by atoms with E-state index in [0.717, 1.165) is 16.5 Å². The second-order valence-electron chi connectivity index (χ2n) is 6.50. The van der Waals surface area contributed by atoms with Gasteiger partial charge >= 0.3 is 5.97 Å². The number of hydrogen-bond donors (Lipinski definition) is 2. The van der Waals surface area contributed by atoms with Crippen LogP contribution in [0.4, 0.5) is 5.95 Å². The molecule has 0 saturated heterocycles. The molecule has 28 heavy (non-hydrogen) atoms. The number of carboxylic acids is 1. The molecule has 3 N–H and O–H groups in total. The lowest BCUT2D eigenvalue weighted by Crippen LogP contribution is -2.16. The van der Waals surface area contributed by atoms with E-state index in [9.17, 15) is 4.79 Å². The quantitative estimate of drug-likeness (QED) is 0.535. The van der Waals surface area contributed by atoms with Gasteiger partial charge in [-0.25, -0.2) is 19.4 Å². The molecule has 0 amide bonds. The molecule has 10 nitrogen and oxygen atoms in total.